The van der Waals surface area contributed by atoms with E-state index >= 15 is 0 Å². The van der Waals surface area contributed by atoms with Crippen molar-refractivity contribution in [3.05, 3.63) is 29.6 Å². The third kappa shape index (κ3) is 5.11. The molecule has 0 bridgehead atoms. The van der Waals surface area contributed by atoms with Gasteiger partial charge in [0.15, 0.2) is 21.8 Å². The summed E-state index contributed by atoms with van der Waals surface area (Å²) in [4.78, 5) is 12.2. The van der Waals surface area contributed by atoms with Crippen molar-refractivity contribution < 1.29 is 22.7 Å². The fourth-order valence-corrected chi connectivity index (χ4v) is 4.30. The number of rotatable bonds is 7. The standard InChI is InChI=1S/C16H17F3N4O2S2/c1-8(14(24)21-11-5-4-10(17)12(18)13(11)19)26-16-23-22-15(27-16)20-7-9-3-2-6-25-9/h4-5,8-9H,2-3,6-7H2,1H3,(H,20,22)(H,21,24)/t8-,9-/m1/s1. The molecule has 2 N–H and O–H groups in total. The minimum Gasteiger partial charge on any atom is -0.376 e. The Labute approximate surface area is 161 Å². The van der Waals surface area contributed by atoms with E-state index in [0.29, 0.717) is 16.0 Å². The van der Waals surface area contributed by atoms with Gasteiger partial charge in [0.05, 0.1) is 17.0 Å². The zero-order chi connectivity index (χ0) is 19.4. The number of carbonyl (C=O) groups is 1. The number of benzene rings is 1. The highest BCUT2D eigenvalue weighted by molar-refractivity contribution is 8.02. The van der Waals surface area contributed by atoms with Crippen LogP contribution in [0.3, 0.4) is 0 Å². The van der Waals surface area contributed by atoms with E-state index < -0.39 is 34.3 Å². The third-order valence-electron chi connectivity index (χ3n) is 3.85. The molecule has 1 amide bonds. The van der Waals surface area contributed by atoms with Crippen molar-refractivity contribution in [3.8, 4) is 0 Å². The van der Waals surface area contributed by atoms with E-state index in [1.807, 2.05) is 0 Å². The van der Waals surface area contributed by atoms with Gasteiger partial charge in [-0.2, -0.15) is 0 Å². The molecule has 0 spiro atoms. The number of hydrogen-bond acceptors (Lipinski definition) is 7. The van der Waals surface area contributed by atoms with Crippen molar-refractivity contribution >= 4 is 39.8 Å². The second kappa shape index (κ2) is 8.89. The lowest BCUT2D eigenvalue weighted by Crippen LogP contribution is -2.23. The van der Waals surface area contributed by atoms with E-state index in [1.165, 1.54) is 11.3 Å². The monoisotopic (exact) mass is 418 g/mol. The van der Waals surface area contributed by atoms with Crippen molar-refractivity contribution in [3.63, 3.8) is 0 Å². The Bertz CT molecular complexity index is 815. The second-order valence-electron chi connectivity index (χ2n) is 5.86. The number of anilines is 2. The number of amides is 1. The Morgan fingerprint density at radius 3 is 2.93 bits per heavy atom. The van der Waals surface area contributed by atoms with Gasteiger partial charge in [-0.1, -0.05) is 23.1 Å². The number of thioether (sulfide) groups is 1. The van der Waals surface area contributed by atoms with E-state index in [-0.39, 0.29) is 6.10 Å². The number of aromatic nitrogens is 2. The van der Waals surface area contributed by atoms with Crippen LogP contribution in [0.5, 0.6) is 0 Å². The van der Waals surface area contributed by atoms with Crippen molar-refractivity contribution in [1.29, 1.82) is 0 Å². The van der Waals surface area contributed by atoms with Crippen LogP contribution in [0.2, 0.25) is 0 Å². The zero-order valence-electron chi connectivity index (χ0n) is 14.3. The third-order valence-corrected chi connectivity index (χ3v) is 5.92. The molecule has 0 aliphatic carbocycles. The predicted octanol–water partition coefficient (Wildman–Crippen LogP) is 3.67. The molecule has 1 aromatic carbocycles. The van der Waals surface area contributed by atoms with Crippen LogP contribution in [0.1, 0.15) is 19.8 Å². The van der Waals surface area contributed by atoms with Crippen LogP contribution in [0.15, 0.2) is 16.5 Å². The molecule has 11 heteroatoms. The van der Waals surface area contributed by atoms with Crippen LogP contribution in [0.25, 0.3) is 0 Å². The van der Waals surface area contributed by atoms with Crippen molar-refractivity contribution in [2.24, 2.45) is 0 Å². The van der Waals surface area contributed by atoms with Crippen LogP contribution < -0.4 is 10.6 Å². The van der Waals surface area contributed by atoms with Gasteiger partial charge in [0.25, 0.3) is 0 Å². The first-order valence-corrected chi connectivity index (χ1v) is 9.93. The lowest BCUT2D eigenvalue weighted by molar-refractivity contribution is -0.115. The summed E-state index contributed by atoms with van der Waals surface area (Å²) in [5.74, 6) is -4.94. The first-order valence-electron chi connectivity index (χ1n) is 8.24. The van der Waals surface area contributed by atoms with E-state index in [9.17, 15) is 18.0 Å². The number of ether oxygens (including phenoxy) is 1. The van der Waals surface area contributed by atoms with Gasteiger partial charge < -0.3 is 15.4 Å². The van der Waals surface area contributed by atoms with E-state index in [2.05, 4.69) is 20.8 Å². The maximum absolute atomic E-state index is 13.7. The SMILES string of the molecule is C[C@@H](Sc1nnc(NC[C@H]2CCCO2)s1)C(=O)Nc1ccc(F)c(F)c1F. The highest BCUT2D eigenvalue weighted by Gasteiger charge is 2.21. The van der Waals surface area contributed by atoms with Crippen LogP contribution in [-0.2, 0) is 9.53 Å². The molecule has 2 aromatic rings. The molecule has 1 fully saturated rings. The number of hydrogen-bond donors (Lipinski definition) is 2. The number of halogens is 3. The van der Waals surface area contributed by atoms with Gasteiger partial charge in [0.2, 0.25) is 11.0 Å². The fourth-order valence-electron chi connectivity index (χ4n) is 2.40. The number of nitrogens with zero attached hydrogens (tertiary/aromatic N) is 2. The Morgan fingerprint density at radius 1 is 1.37 bits per heavy atom. The van der Waals surface area contributed by atoms with Crippen LogP contribution >= 0.6 is 23.1 Å². The molecule has 2 atom stereocenters. The maximum Gasteiger partial charge on any atom is 0.237 e. The van der Waals surface area contributed by atoms with Crippen molar-refractivity contribution in [1.82, 2.24) is 10.2 Å². The summed E-state index contributed by atoms with van der Waals surface area (Å²) < 4.78 is 45.9. The summed E-state index contributed by atoms with van der Waals surface area (Å²) in [6.07, 6.45) is 2.22. The normalized spacial score (nSPS) is 17.7. The highest BCUT2D eigenvalue weighted by atomic mass is 32.2. The van der Waals surface area contributed by atoms with Gasteiger partial charge in [0, 0.05) is 13.2 Å². The summed E-state index contributed by atoms with van der Waals surface area (Å²) in [5, 5.41) is 13.4. The predicted molar refractivity (Wildman–Crippen MR) is 97.6 cm³/mol. The minimum absolute atomic E-state index is 0.167. The summed E-state index contributed by atoms with van der Waals surface area (Å²) >= 11 is 2.42. The topological polar surface area (TPSA) is 76.1 Å². The number of carbonyl (C=O) groups excluding carboxylic acids is 1. The molecule has 27 heavy (non-hydrogen) atoms. The molecule has 0 radical (unpaired) electrons. The summed E-state index contributed by atoms with van der Waals surface area (Å²) in [5.41, 5.74) is -0.414. The van der Waals surface area contributed by atoms with Gasteiger partial charge >= 0.3 is 0 Å². The summed E-state index contributed by atoms with van der Waals surface area (Å²) in [6.45, 7) is 3.01. The largest absolute Gasteiger partial charge is 0.376 e. The van der Waals surface area contributed by atoms with E-state index in [1.54, 1.807) is 6.92 Å². The number of nitrogens with one attached hydrogen (secondary N) is 2. The molecule has 1 aliphatic rings. The Morgan fingerprint density at radius 2 is 2.19 bits per heavy atom. The molecule has 6 nitrogen and oxygen atoms in total. The van der Waals surface area contributed by atoms with Gasteiger partial charge in [-0.25, -0.2) is 13.2 Å². The first-order chi connectivity index (χ1) is 12.9. The van der Waals surface area contributed by atoms with Crippen molar-refractivity contribution in [2.75, 3.05) is 23.8 Å². The van der Waals surface area contributed by atoms with E-state index in [0.717, 1.165) is 43.3 Å². The lowest BCUT2D eigenvalue weighted by Gasteiger charge is -2.11. The van der Waals surface area contributed by atoms with Gasteiger partial charge in [-0.15, -0.1) is 10.2 Å². The Hall–Kier alpha value is -1.85. The smallest absolute Gasteiger partial charge is 0.237 e. The highest BCUT2D eigenvalue weighted by Crippen LogP contribution is 2.30. The zero-order valence-corrected chi connectivity index (χ0v) is 15.9. The summed E-state index contributed by atoms with van der Waals surface area (Å²) in [7, 11) is 0. The molecule has 0 saturated carbocycles. The molecule has 146 valence electrons. The molecule has 3 rings (SSSR count). The van der Waals surface area contributed by atoms with E-state index in [4.69, 9.17) is 4.74 Å². The molecule has 0 unspecified atom stereocenters. The van der Waals surface area contributed by atoms with Crippen molar-refractivity contribution in [2.45, 2.75) is 35.5 Å². The average Bonchev–Trinajstić information content (AvgIpc) is 3.32. The Balaban J connectivity index is 1.53. The van der Waals surface area contributed by atoms with Crippen LogP contribution in [0, 0.1) is 17.5 Å². The molecule has 1 aliphatic heterocycles. The molecular formula is C16H17F3N4O2S2. The molecular weight excluding hydrogens is 401 g/mol. The minimum atomic E-state index is -1.63. The van der Waals surface area contributed by atoms with Gasteiger partial charge in [0.1, 0.15) is 0 Å². The first kappa shape index (κ1) is 19.9. The molecule has 1 saturated heterocycles. The second-order valence-corrected chi connectivity index (χ2v) is 8.43. The summed E-state index contributed by atoms with van der Waals surface area (Å²) in [6, 6.07) is 1.73. The van der Waals surface area contributed by atoms with Gasteiger partial charge in [-0.05, 0) is 31.9 Å². The average molecular weight is 418 g/mol. The Kier molecular flexibility index (Phi) is 6.55. The van der Waals surface area contributed by atoms with Crippen LogP contribution in [0.4, 0.5) is 24.0 Å². The lowest BCUT2D eigenvalue weighted by atomic mass is 10.2. The van der Waals surface area contributed by atoms with Crippen LogP contribution in [-0.4, -0.2) is 40.6 Å². The quantitative estimate of drug-likeness (QED) is 0.528. The fraction of sp³-hybridized carbons (Fsp3) is 0.438. The maximum atomic E-state index is 13.7. The molecule has 1 aromatic heterocycles. The molecule has 2 heterocycles. The van der Waals surface area contributed by atoms with Gasteiger partial charge in [-0.3, -0.25) is 4.79 Å².